The number of benzene rings is 2. The molecule has 152 valence electrons. The average molecular weight is 399 g/mol. The van der Waals surface area contributed by atoms with Gasteiger partial charge in [-0.15, -0.1) is 10.2 Å². The minimum Gasteiger partial charge on any atom is -0.354 e. The summed E-state index contributed by atoms with van der Waals surface area (Å²) in [6.45, 7) is 2.44. The Labute approximate surface area is 177 Å². The third kappa shape index (κ3) is 3.67. The number of para-hydroxylation sites is 1. The molecule has 5 nitrogen and oxygen atoms in total. The van der Waals surface area contributed by atoms with Gasteiger partial charge in [-0.2, -0.15) is 0 Å². The Bertz CT molecular complexity index is 1020. The van der Waals surface area contributed by atoms with E-state index in [4.69, 9.17) is 0 Å². The number of hydrogen-bond donors (Lipinski definition) is 0. The van der Waals surface area contributed by atoms with Crippen molar-refractivity contribution in [2.24, 2.45) is 5.92 Å². The van der Waals surface area contributed by atoms with E-state index in [2.05, 4.69) is 33.3 Å². The van der Waals surface area contributed by atoms with Crippen molar-refractivity contribution in [3.8, 4) is 11.3 Å². The number of rotatable bonds is 3. The van der Waals surface area contributed by atoms with Gasteiger partial charge in [0.2, 0.25) is 5.91 Å². The number of nitrogens with zero attached hydrogens (tertiary/aromatic N) is 4. The zero-order chi connectivity index (χ0) is 20.3. The summed E-state index contributed by atoms with van der Waals surface area (Å²) in [5.74, 6) is 1.10. The number of amides is 1. The summed E-state index contributed by atoms with van der Waals surface area (Å²) in [5.41, 5.74) is 4.31. The largest absolute Gasteiger partial charge is 0.354 e. The Morgan fingerprint density at radius 2 is 1.70 bits per heavy atom. The third-order valence-electron chi connectivity index (χ3n) is 6.19. The number of aromatic nitrogens is 2. The van der Waals surface area contributed by atoms with E-state index in [9.17, 15) is 4.79 Å². The molecule has 0 aliphatic carbocycles. The zero-order valence-corrected chi connectivity index (χ0v) is 17.1. The molecule has 0 N–H and O–H groups in total. The number of hydrogen-bond acceptors (Lipinski definition) is 4. The SMILES string of the molecule is O=C(C1CCCN(c2ccc(-c3ccccc3)nn2)C1)N1CCCc2ccccc21. The molecule has 3 aromatic rings. The number of aryl methyl sites for hydroxylation is 1. The predicted octanol–water partition coefficient (Wildman–Crippen LogP) is 4.34. The van der Waals surface area contributed by atoms with Crippen molar-refractivity contribution in [1.29, 1.82) is 0 Å². The van der Waals surface area contributed by atoms with Crippen LogP contribution in [0.1, 0.15) is 24.8 Å². The molecule has 1 fully saturated rings. The first-order valence-electron chi connectivity index (χ1n) is 10.8. The molecule has 2 aliphatic rings. The summed E-state index contributed by atoms with van der Waals surface area (Å²) in [6, 6.07) is 22.4. The molecule has 2 aliphatic heterocycles. The molecule has 3 heterocycles. The van der Waals surface area contributed by atoms with Gasteiger partial charge in [-0.1, -0.05) is 48.5 Å². The van der Waals surface area contributed by atoms with E-state index in [-0.39, 0.29) is 11.8 Å². The van der Waals surface area contributed by atoms with Crippen LogP contribution in [0.15, 0.2) is 66.7 Å². The molecule has 1 aromatic heterocycles. The standard InChI is InChI=1S/C25H26N4O/c30-25(29-17-7-11-20-10-4-5-13-23(20)29)21-12-6-16-28(18-21)24-15-14-22(26-27-24)19-8-2-1-3-9-19/h1-5,8-10,13-15,21H,6-7,11-12,16-18H2. The van der Waals surface area contributed by atoms with Crippen molar-refractivity contribution in [3.63, 3.8) is 0 Å². The van der Waals surface area contributed by atoms with E-state index < -0.39 is 0 Å². The molecule has 1 saturated heterocycles. The van der Waals surface area contributed by atoms with E-state index in [1.54, 1.807) is 0 Å². The minimum absolute atomic E-state index is 0.000469. The summed E-state index contributed by atoms with van der Waals surface area (Å²) < 4.78 is 0. The molecule has 2 aromatic carbocycles. The number of fused-ring (bicyclic) bond motifs is 1. The first kappa shape index (κ1) is 18.8. The molecule has 1 amide bonds. The maximum absolute atomic E-state index is 13.4. The highest BCUT2D eigenvalue weighted by Crippen LogP contribution is 2.31. The van der Waals surface area contributed by atoms with Crippen LogP contribution in [-0.4, -0.2) is 35.7 Å². The smallest absolute Gasteiger partial charge is 0.231 e. The fourth-order valence-corrected chi connectivity index (χ4v) is 4.63. The van der Waals surface area contributed by atoms with Crippen molar-refractivity contribution in [2.45, 2.75) is 25.7 Å². The van der Waals surface area contributed by atoms with Crippen molar-refractivity contribution in [3.05, 3.63) is 72.3 Å². The Balaban J connectivity index is 1.31. The van der Waals surface area contributed by atoms with E-state index in [1.807, 2.05) is 53.4 Å². The van der Waals surface area contributed by atoms with Crippen molar-refractivity contribution in [2.75, 3.05) is 29.4 Å². The molecular weight excluding hydrogens is 372 g/mol. The second-order valence-electron chi connectivity index (χ2n) is 8.15. The van der Waals surface area contributed by atoms with Crippen LogP contribution in [-0.2, 0) is 11.2 Å². The Kier molecular flexibility index (Phi) is 5.18. The highest BCUT2D eigenvalue weighted by molar-refractivity contribution is 5.96. The predicted molar refractivity (Wildman–Crippen MR) is 120 cm³/mol. The Hall–Kier alpha value is -3.21. The number of carbonyl (C=O) groups excluding carboxylic acids is 1. The maximum Gasteiger partial charge on any atom is 0.231 e. The van der Waals surface area contributed by atoms with Crippen LogP contribution in [0.5, 0.6) is 0 Å². The number of carbonyl (C=O) groups is 1. The van der Waals surface area contributed by atoms with E-state index in [1.165, 1.54) is 5.56 Å². The monoisotopic (exact) mass is 398 g/mol. The van der Waals surface area contributed by atoms with Crippen LogP contribution >= 0.6 is 0 Å². The summed E-state index contributed by atoms with van der Waals surface area (Å²) in [7, 11) is 0. The lowest BCUT2D eigenvalue weighted by atomic mass is 9.94. The second-order valence-corrected chi connectivity index (χ2v) is 8.15. The van der Waals surface area contributed by atoms with E-state index in [0.29, 0.717) is 6.54 Å². The van der Waals surface area contributed by atoms with Gasteiger partial charge >= 0.3 is 0 Å². The number of anilines is 2. The van der Waals surface area contributed by atoms with Gasteiger partial charge in [0.05, 0.1) is 11.6 Å². The molecule has 30 heavy (non-hydrogen) atoms. The molecule has 5 heteroatoms. The molecule has 0 spiro atoms. The summed E-state index contributed by atoms with van der Waals surface area (Å²) in [6.07, 6.45) is 4.02. The highest BCUT2D eigenvalue weighted by Gasteiger charge is 2.32. The summed E-state index contributed by atoms with van der Waals surface area (Å²) in [4.78, 5) is 17.6. The highest BCUT2D eigenvalue weighted by atomic mass is 16.2. The van der Waals surface area contributed by atoms with Gasteiger partial charge in [0.1, 0.15) is 0 Å². The van der Waals surface area contributed by atoms with Crippen molar-refractivity contribution >= 4 is 17.4 Å². The molecule has 0 bridgehead atoms. The van der Waals surface area contributed by atoms with Gasteiger partial charge < -0.3 is 9.80 Å². The van der Waals surface area contributed by atoms with E-state index >= 15 is 0 Å². The fourth-order valence-electron chi connectivity index (χ4n) is 4.63. The Morgan fingerprint density at radius 1 is 0.867 bits per heavy atom. The zero-order valence-electron chi connectivity index (χ0n) is 17.1. The average Bonchev–Trinajstić information content (AvgIpc) is 2.84. The van der Waals surface area contributed by atoms with Gasteiger partial charge in [-0.05, 0) is 49.4 Å². The van der Waals surface area contributed by atoms with Gasteiger partial charge in [-0.25, -0.2) is 0 Å². The van der Waals surface area contributed by atoms with Crippen LogP contribution < -0.4 is 9.80 Å². The van der Waals surface area contributed by atoms with E-state index in [0.717, 1.165) is 61.5 Å². The van der Waals surface area contributed by atoms with Crippen LogP contribution in [0.2, 0.25) is 0 Å². The second kappa shape index (κ2) is 8.27. The first-order chi connectivity index (χ1) is 14.8. The lowest BCUT2D eigenvalue weighted by molar-refractivity contribution is -0.122. The number of piperidine rings is 1. The lowest BCUT2D eigenvalue weighted by Gasteiger charge is -2.37. The molecule has 0 saturated carbocycles. The lowest BCUT2D eigenvalue weighted by Crippen LogP contribution is -2.46. The first-order valence-corrected chi connectivity index (χ1v) is 10.8. The van der Waals surface area contributed by atoms with Crippen LogP contribution in [0.4, 0.5) is 11.5 Å². The topological polar surface area (TPSA) is 49.3 Å². The van der Waals surface area contributed by atoms with Gasteiger partial charge in [0.15, 0.2) is 5.82 Å². The Morgan fingerprint density at radius 3 is 2.53 bits per heavy atom. The fraction of sp³-hybridized carbons (Fsp3) is 0.320. The molecule has 0 radical (unpaired) electrons. The van der Waals surface area contributed by atoms with Crippen molar-refractivity contribution in [1.82, 2.24) is 10.2 Å². The van der Waals surface area contributed by atoms with Crippen LogP contribution in [0, 0.1) is 5.92 Å². The molecule has 1 atom stereocenters. The van der Waals surface area contributed by atoms with Gasteiger partial charge in [-0.3, -0.25) is 4.79 Å². The normalized spacial score (nSPS) is 18.7. The third-order valence-corrected chi connectivity index (χ3v) is 6.19. The molecule has 1 unspecified atom stereocenters. The maximum atomic E-state index is 13.4. The summed E-state index contributed by atoms with van der Waals surface area (Å²) >= 11 is 0. The quantitative estimate of drug-likeness (QED) is 0.659. The van der Waals surface area contributed by atoms with Crippen molar-refractivity contribution < 1.29 is 4.79 Å². The van der Waals surface area contributed by atoms with Crippen LogP contribution in [0.25, 0.3) is 11.3 Å². The molecular formula is C25H26N4O. The minimum atomic E-state index is 0.000469. The van der Waals surface area contributed by atoms with Gasteiger partial charge in [0, 0.05) is 30.9 Å². The summed E-state index contributed by atoms with van der Waals surface area (Å²) in [5, 5.41) is 8.90. The van der Waals surface area contributed by atoms with Gasteiger partial charge in [0.25, 0.3) is 0 Å². The molecule has 5 rings (SSSR count). The van der Waals surface area contributed by atoms with Crippen LogP contribution in [0.3, 0.4) is 0 Å².